The number of carbonyl (C=O) groups excluding carboxylic acids is 2. The van der Waals surface area contributed by atoms with Gasteiger partial charge < -0.3 is 55.0 Å². The van der Waals surface area contributed by atoms with Crippen LogP contribution in [-0.2, 0) is 24.2 Å². The van der Waals surface area contributed by atoms with Crippen LogP contribution in [0.1, 0.15) is 98.5 Å². The highest BCUT2D eigenvalue weighted by molar-refractivity contribution is 7.85. The number of hydrogen-bond acceptors (Lipinski definition) is 13. The van der Waals surface area contributed by atoms with Crippen molar-refractivity contribution in [1.29, 1.82) is 0 Å². The van der Waals surface area contributed by atoms with Crippen LogP contribution in [0.2, 0.25) is 0 Å². The molecule has 0 unspecified atom stereocenters. The number of aryl methyl sites for hydroxylation is 3. The maximum atomic E-state index is 12.7. The average molecular weight is 1580 g/mol. The van der Waals surface area contributed by atoms with E-state index < -0.39 is 60.5 Å². The zero-order valence-corrected chi connectivity index (χ0v) is 68.2. The van der Waals surface area contributed by atoms with Crippen LogP contribution in [0.15, 0.2) is 345 Å². The van der Waals surface area contributed by atoms with Crippen molar-refractivity contribution >= 4 is 100 Å². The number of para-hydroxylation sites is 6. The van der Waals surface area contributed by atoms with E-state index in [1.165, 1.54) is 148 Å². The van der Waals surface area contributed by atoms with Crippen LogP contribution >= 0.6 is 0 Å². The van der Waals surface area contributed by atoms with Crippen LogP contribution in [0, 0.1) is 18.8 Å². The van der Waals surface area contributed by atoms with Gasteiger partial charge in [0.15, 0.2) is 0 Å². The molecule has 17 rings (SSSR count). The highest BCUT2D eigenvalue weighted by atomic mass is 32.2. The predicted molar refractivity (Wildman–Crippen MR) is 485 cm³/mol. The monoisotopic (exact) mass is 1580 g/mol. The normalized spacial score (nSPS) is 11.6. The van der Waals surface area contributed by atoms with E-state index in [0.717, 1.165) is 26.2 Å². The third-order valence-corrected chi connectivity index (χ3v) is 23.1. The Hall–Kier alpha value is -14.5. The molecule has 0 atom stereocenters. The quantitative estimate of drug-likeness (QED) is 0.0229. The van der Waals surface area contributed by atoms with Crippen molar-refractivity contribution in [2.24, 2.45) is 14.1 Å². The number of aromatic nitrogens is 2. The molecule has 590 valence electrons. The lowest BCUT2D eigenvalue weighted by molar-refractivity contribution is 0.0975. The summed E-state index contributed by atoms with van der Waals surface area (Å²) in [7, 11) is -0.776. The zero-order chi connectivity index (χ0) is 83.2. The third kappa shape index (κ3) is 15.6. The Morgan fingerprint density at radius 3 is 0.882 bits per heavy atom. The molecule has 1 aliphatic rings. The summed E-state index contributed by atoms with van der Waals surface area (Å²) in [6.45, 7) is 13.8. The number of nitrogen functional groups attached to an aromatic ring is 2. The molecule has 0 fully saturated rings. The molecule has 1 aliphatic carbocycles. The van der Waals surface area contributed by atoms with Gasteiger partial charge in [0.25, 0.3) is 0 Å². The van der Waals surface area contributed by atoms with Crippen molar-refractivity contribution < 1.29 is 32.8 Å². The fourth-order valence-corrected chi connectivity index (χ4v) is 17.3. The van der Waals surface area contributed by atoms with Crippen LogP contribution in [0.4, 0.5) is 56.9 Å². The molecule has 0 bridgehead atoms. The first-order chi connectivity index (χ1) is 57.8. The van der Waals surface area contributed by atoms with E-state index >= 15 is 0 Å². The molecular weight excluding hydrogens is 1490 g/mol. The molecule has 119 heavy (non-hydrogen) atoms. The summed E-state index contributed by atoms with van der Waals surface area (Å²) in [5, 5.41) is 22.8. The number of nitrogens with two attached hydrogens (primary N) is 2. The second-order valence-electron chi connectivity index (χ2n) is 29.1. The highest BCUT2D eigenvalue weighted by Crippen LogP contribution is 2.49. The lowest BCUT2D eigenvalue weighted by atomic mass is 9.80. The molecule has 0 aliphatic heterocycles. The summed E-state index contributed by atoms with van der Waals surface area (Å²) in [4.78, 5) is 33.8. The number of anilines is 10. The van der Waals surface area contributed by atoms with Gasteiger partial charge >= 0.3 is 0 Å². The van der Waals surface area contributed by atoms with Gasteiger partial charge in [-0.05, 0) is 246 Å². The van der Waals surface area contributed by atoms with Crippen LogP contribution in [0.5, 0.6) is 11.5 Å². The smallest absolute Gasteiger partial charge is 0.200 e. The largest absolute Gasteiger partial charge is 0.744 e. The van der Waals surface area contributed by atoms with Gasteiger partial charge in [-0.2, -0.15) is 0 Å². The number of ketones is 2. The molecule has 2 heterocycles. The number of rotatable bonds is 21. The maximum Gasteiger partial charge on any atom is 0.200 e. The SMILES string of the molecule is CCN(c1ccccc1)c1ccc([C+](c2ccc(N(CC)c3ccccc3)cc2)c2c(-c3ccccc3)n(C)c3ccccc23)cc1.CCN(c1ccccc1)c1ccc([C+](c2ccc(N(CC)c3ccccc3)cc2)c2c(-c3ccccc3)n(C)c3ccccc23)cc1.Cc1cc(N)c2c(c1O)C(=O)c1c(N)cc(S(=O)(=O)[O-])c(O)c1C2=O. The van der Waals surface area contributed by atoms with E-state index in [1.807, 2.05) is 0 Å². The van der Waals surface area contributed by atoms with Gasteiger partial charge in [-0.3, -0.25) is 9.59 Å². The summed E-state index contributed by atoms with van der Waals surface area (Å²) in [6, 6.07) is 120. The first-order valence-corrected chi connectivity index (χ1v) is 41.3. The van der Waals surface area contributed by atoms with Crippen LogP contribution in [0.25, 0.3) is 44.3 Å². The Kier molecular flexibility index (Phi) is 23.2. The lowest BCUT2D eigenvalue weighted by Crippen LogP contribution is -2.25. The first-order valence-electron chi connectivity index (χ1n) is 39.9. The van der Waals surface area contributed by atoms with Crippen molar-refractivity contribution in [3.05, 3.63) is 413 Å². The number of phenols is 2. The van der Waals surface area contributed by atoms with E-state index in [9.17, 15) is 32.8 Å². The lowest BCUT2D eigenvalue weighted by Gasteiger charge is -2.24. The van der Waals surface area contributed by atoms with Gasteiger partial charge in [0.05, 0.1) is 117 Å². The molecule has 16 aromatic rings. The van der Waals surface area contributed by atoms with Gasteiger partial charge in [0, 0.05) is 85.5 Å². The van der Waals surface area contributed by atoms with E-state index in [2.05, 4.69) is 398 Å². The summed E-state index contributed by atoms with van der Waals surface area (Å²) < 4.78 is 38.5. The number of aromatic hydroxyl groups is 2. The van der Waals surface area contributed by atoms with Gasteiger partial charge in [-0.25, -0.2) is 8.42 Å². The fourth-order valence-electron chi connectivity index (χ4n) is 16.7. The van der Waals surface area contributed by atoms with E-state index in [-0.39, 0.29) is 16.8 Å². The van der Waals surface area contributed by atoms with Gasteiger partial charge in [-0.1, -0.05) is 133 Å². The number of fused-ring (bicyclic) bond motifs is 4. The summed E-state index contributed by atoms with van der Waals surface area (Å²) in [6.07, 6.45) is 0. The summed E-state index contributed by atoms with van der Waals surface area (Å²) in [5.41, 5.74) is 33.0. The Labute approximate surface area is 695 Å². The van der Waals surface area contributed by atoms with E-state index in [0.29, 0.717) is 6.07 Å². The molecule has 0 saturated heterocycles. The molecule has 0 amide bonds. The molecule has 16 heteroatoms. The standard InChI is InChI=1S/2C44H40N3.C15H12N2O7S/c2*1-4-46(36-19-11-7-12-20-36)38-29-25-33(26-30-38)42(34-27-31-39(32-28-34)47(5-2)37-21-13-8-14-22-37)43-40-23-15-16-24-41(40)45(3)44(43)35-17-9-6-10-18-35;1-4-2-5(16)8-10(12(4)18)14(20)9-6(17)3-7(25(22,23)24)13(19)11(9)15(8)21/h2*6-32H,4-5H2,1-3H3;2-3,18-19H,16-17H2,1H3,(H,22,23,24)/q2*+1;/p-1. The van der Waals surface area contributed by atoms with Crippen molar-refractivity contribution in [3.8, 4) is 34.0 Å². The highest BCUT2D eigenvalue weighted by Gasteiger charge is 2.41. The second kappa shape index (κ2) is 34.5. The van der Waals surface area contributed by atoms with Crippen LogP contribution in [-0.4, -0.2) is 70.1 Å². The van der Waals surface area contributed by atoms with Gasteiger partial charge in [-0.15, -0.1) is 0 Å². The van der Waals surface area contributed by atoms with E-state index in [4.69, 9.17) is 11.5 Å². The molecule has 15 nitrogen and oxygen atoms in total. The number of carbonyl (C=O) groups is 2. The predicted octanol–water partition coefficient (Wildman–Crippen LogP) is 22.6. The summed E-state index contributed by atoms with van der Waals surface area (Å²) >= 11 is 0. The molecule has 6 N–H and O–H groups in total. The van der Waals surface area contributed by atoms with Crippen LogP contribution < -0.4 is 31.1 Å². The number of benzene rings is 14. The Balaban J connectivity index is 0.000000146. The number of hydrogen-bond donors (Lipinski definition) is 4. The van der Waals surface area contributed by atoms with Crippen molar-refractivity contribution in [2.45, 2.75) is 39.5 Å². The minimum absolute atomic E-state index is 0.150. The van der Waals surface area contributed by atoms with Crippen molar-refractivity contribution in [3.63, 3.8) is 0 Å². The molecule has 0 spiro atoms. The van der Waals surface area contributed by atoms with Gasteiger partial charge in [0.1, 0.15) is 33.0 Å². The Morgan fingerprint density at radius 1 is 0.345 bits per heavy atom. The maximum absolute atomic E-state index is 12.7. The number of nitrogens with zero attached hydrogens (tertiary/aromatic N) is 6. The second-order valence-corrected chi connectivity index (χ2v) is 30.5. The molecule has 2 aromatic heterocycles. The Morgan fingerprint density at radius 2 is 0.597 bits per heavy atom. The van der Waals surface area contributed by atoms with Crippen LogP contribution in [0.3, 0.4) is 0 Å². The Bertz CT molecular complexity index is 5940. The first kappa shape index (κ1) is 79.8. The molecule has 14 aromatic carbocycles. The average Bonchev–Trinajstić information content (AvgIpc) is 1.33. The summed E-state index contributed by atoms with van der Waals surface area (Å²) in [5.74, 6) is -1.14. The van der Waals surface area contributed by atoms with E-state index in [1.54, 1.807) is 0 Å². The van der Waals surface area contributed by atoms with Crippen molar-refractivity contribution in [2.75, 3.05) is 57.2 Å². The zero-order valence-electron chi connectivity index (χ0n) is 67.3. The minimum Gasteiger partial charge on any atom is -0.744 e. The minimum atomic E-state index is -5.16. The third-order valence-electron chi connectivity index (χ3n) is 22.2. The molecule has 0 radical (unpaired) electrons. The molecule has 0 saturated carbocycles. The van der Waals surface area contributed by atoms with Crippen molar-refractivity contribution in [1.82, 2.24) is 9.13 Å². The topological polar surface area (TPSA) is 207 Å². The molecular formula is C103H91N8O7S+. The fraction of sp³-hybridized carbons (Fsp3) is 0.107. The van der Waals surface area contributed by atoms with Gasteiger partial charge in [0.2, 0.25) is 11.6 Å². The number of phenolic OH excluding ortho intramolecular Hbond substituents is 2.